The van der Waals surface area contributed by atoms with Gasteiger partial charge in [0.2, 0.25) is 15.9 Å². The number of hydrogen-bond acceptors (Lipinski definition) is 6. The van der Waals surface area contributed by atoms with Crippen LogP contribution in [0.2, 0.25) is 0 Å². The van der Waals surface area contributed by atoms with Gasteiger partial charge in [0, 0.05) is 0 Å². The van der Waals surface area contributed by atoms with Crippen LogP contribution < -0.4 is 14.8 Å². The standard InChI is InChI=1S/C20H23N5O4S/c1-14(16-4-6-17(7-5-16)25-13-21-12-22-25)23-20(26)15(2)24-30(27,28)19-10-8-18(29-3)9-11-19/h4-15,24H,1-3H3,(H,23,26)/t14?,15-/m0/s1. The van der Waals surface area contributed by atoms with E-state index in [0.717, 1.165) is 11.3 Å². The Morgan fingerprint density at radius 2 is 1.73 bits per heavy atom. The Labute approximate surface area is 175 Å². The van der Waals surface area contributed by atoms with Crippen molar-refractivity contribution in [2.45, 2.75) is 30.8 Å². The van der Waals surface area contributed by atoms with E-state index in [-0.39, 0.29) is 10.9 Å². The molecule has 9 nitrogen and oxygen atoms in total. The summed E-state index contributed by atoms with van der Waals surface area (Å²) in [6, 6.07) is 12.1. The van der Waals surface area contributed by atoms with Crippen molar-refractivity contribution in [3.63, 3.8) is 0 Å². The Bertz CT molecular complexity index is 1080. The molecular weight excluding hydrogens is 406 g/mol. The number of rotatable bonds is 8. The third kappa shape index (κ3) is 5.02. The zero-order valence-corrected chi connectivity index (χ0v) is 17.6. The number of aromatic nitrogens is 3. The van der Waals surface area contributed by atoms with E-state index in [4.69, 9.17) is 4.74 Å². The Hall–Kier alpha value is -3.24. The van der Waals surface area contributed by atoms with Crippen LogP contribution in [0.5, 0.6) is 5.75 Å². The van der Waals surface area contributed by atoms with E-state index in [9.17, 15) is 13.2 Å². The van der Waals surface area contributed by atoms with Crippen molar-refractivity contribution in [2.75, 3.05) is 7.11 Å². The van der Waals surface area contributed by atoms with Crippen LogP contribution in [0.1, 0.15) is 25.5 Å². The summed E-state index contributed by atoms with van der Waals surface area (Å²) in [5.41, 5.74) is 1.72. The van der Waals surface area contributed by atoms with Crippen molar-refractivity contribution < 1.29 is 17.9 Å². The maximum absolute atomic E-state index is 12.5. The maximum Gasteiger partial charge on any atom is 0.241 e. The molecule has 1 amide bonds. The van der Waals surface area contributed by atoms with Crippen LogP contribution in [0.4, 0.5) is 0 Å². The average molecular weight is 430 g/mol. The molecule has 0 aliphatic carbocycles. The van der Waals surface area contributed by atoms with E-state index in [1.165, 1.54) is 32.5 Å². The SMILES string of the molecule is COc1ccc(S(=O)(=O)N[C@@H](C)C(=O)NC(C)c2ccc(-n3cncn3)cc2)cc1. The Balaban J connectivity index is 1.61. The Morgan fingerprint density at radius 1 is 1.07 bits per heavy atom. The highest BCUT2D eigenvalue weighted by molar-refractivity contribution is 7.89. The lowest BCUT2D eigenvalue weighted by Gasteiger charge is -2.19. The third-order valence-corrected chi connectivity index (χ3v) is 6.09. The molecule has 3 rings (SSSR count). The second kappa shape index (κ2) is 9.06. The monoisotopic (exact) mass is 429 g/mol. The van der Waals surface area contributed by atoms with Crippen LogP contribution in [0.15, 0.2) is 66.1 Å². The van der Waals surface area contributed by atoms with Gasteiger partial charge < -0.3 is 10.1 Å². The van der Waals surface area contributed by atoms with Crippen molar-refractivity contribution in [3.05, 3.63) is 66.7 Å². The molecule has 3 aromatic rings. The van der Waals surface area contributed by atoms with Crippen LogP contribution in [0.3, 0.4) is 0 Å². The van der Waals surface area contributed by atoms with E-state index in [2.05, 4.69) is 20.1 Å². The minimum atomic E-state index is -3.84. The summed E-state index contributed by atoms with van der Waals surface area (Å²) in [5.74, 6) is 0.114. The fraction of sp³-hybridized carbons (Fsp3) is 0.250. The number of sulfonamides is 1. The maximum atomic E-state index is 12.5. The van der Waals surface area contributed by atoms with Gasteiger partial charge in [-0.1, -0.05) is 12.1 Å². The summed E-state index contributed by atoms with van der Waals surface area (Å²) in [6.45, 7) is 3.32. The summed E-state index contributed by atoms with van der Waals surface area (Å²) in [7, 11) is -2.35. The topological polar surface area (TPSA) is 115 Å². The molecule has 1 aromatic heterocycles. The first-order valence-electron chi connectivity index (χ1n) is 9.22. The van der Waals surface area contributed by atoms with E-state index < -0.39 is 22.0 Å². The van der Waals surface area contributed by atoms with Gasteiger partial charge in [-0.15, -0.1) is 0 Å². The molecule has 0 radical (unpaired) electrons. The average Bonchev–Trinajstić information content (AvgIpc) is 3.28. The number of carbonyl (C=O) groups excluding carboxylic acids is 1. The molecule has 0 aliphatic heterocycles. The summed E-state index contributed by atoms with van der Waals surface area (Å²) in [5, 5.41) is 6.89. The number of nitrogens with one attached hydrogen (secondary N) is 2. The number of benzene rings is 2. The molecule has 10 heteroatoms. The quantitative estimate of drug-likeness (QED) is 0.564. The number of ether oxygens (including phenoxy) is 1. The normalized spacial score (nSPS) is 13.4. The number of amides is 1. The van der Waals surface area contributed by atoms with E-state index in [1.54, 1.807) is 23.1 Å². The fourth-order valence-electron chi connectivity index (χ4n) is 2.79. The molecule has 0 aliphatic rings. The molecule has 0 saturated carbocycles. The van der Waals surface area contributed by atoms with Crippen molar-refractivity contribution in [1.82, 2.24) is 24.8 Å². The number of carbonyl (C=O) groups is 1. The molecule has 1 unspecified atom stereocenters. The summed E-state index contributed by atoms with van der Waals surface area (Å²) < 4.78 is 34.1. The van der Waals surface area contributed by atoms with Crippen molar-refractivity contribution in [1.29, 1.82) is 0 Å². The first kappa shape index (κ1) is 21.5. The third-order valence-electron chi connectivity index (χ3n) is 4.53. The second-order valence-electron chi connectivity index (χ2n) is 6.68. The molecule has 0 spiro atoms. The van der Waals surface area contributed by atoms with Crippen molar-refractivity contribution in [2.24, 2.45) is 0 Å². The minimum absolute atomic E-state index is 0.0553. The van der Waals surface area contributed by atoms with Gasteiger partial charge in [-0.25, -0.2) is 18.1 Å². The van der Waals surface area contributed by atoms with E-state index in [0.29, 0.717) is 5.75 Å². The second-order valence-corrected chi connectivity index (χ2v) is 8.39. The van der Waals surface area contributed by atoms with Gasteiger partial charge in [0.05, 0.1) is 29.8 Å². The number of methoxy groups -OCH3 is 1. The molecule has 0 bridgehead atoms. The van der Waals surface area contributed by atoms with Crippen LogP contribution in [0.25, 0.3) is 5.69 Å². The van der Waals surface area contributed by atoms with Gasteiger partial charge in [-0.05, 0) is 55.8 Å². The zero-order valence-electron chi connectivity index (χ0n) is 16.8. The van der Waals surface area contributed by atoms with E-state index >= 15 is 0 Å². The van der Waals surface area contributed by atoms with Gasteiger partial charge in [-0.3, -0.25) is 4.79 Å². The van der Waals surface area contributed by atoms with Crippen LogP contribution in [-0.4, -0.2) is 42.2 Å². The van der Waals surface area contributed by atoms with Crippen LogP contribution in [-0.2, 0) is 14.8 Å². The highest BCUT2D eigenvalue weighted by Gasteiger charge is 2.23. The molecule has 2 aromatic carbocycles. The smallest absolute Gasteiger partial charge is 0.241 e. The highest BCUT2D eigenvalue weighted by Crippen LogP contribution is 2.17. The molecule has 1 heterocycles. The predicted molar refractivity (Wildman–Crippen MR) is 111 cm³/mol. The van der Waals surface area contributed by atoms with Crippen molar-refractivity contribution >= 4 is 15.9 Å². The van der Waals surface area contributed by atoms with E-state index in [1.807, 2.05) is 31.2 Å². The van der Waals surface area contributed by atoms with Gasteiger partial charge in [0.25, 0.3) is 0 Å². The lowest BCUT2D eigenvalue weighted by molar-refractivity contribution is -0.123. The molecule has 30 heavy (non-hydrogen) atoms. The van der Waals surface area contributed by atoms with Gasteiger partial charge in [-0.2, -0.15) is 9.82 Å². The molecular formula is C20H23N5O4S. The highest BCUT2D eigenvalue weighted by atomic mass is 32.2. The predicted octanol–water partition coefficient (Wildman–Crippen LogP) is 1.82. The number of nitrogens with zero attached hydrogens (tertiary/aromatic N) is 3. The molecule has 0 saturated heterocycles. The molecule has 2 N–H and O–H groups in total. The number of hydrogen-bond donors (Lipinski definition) is 2. The Morgan fingerprint density at radius 3 is 2.30 bits per heavy atom. The summed E-state index contributed by atoms with van der Waals surface area (Å²) in [6.07, 6.45) is 3.04. The van der Waals surface area contributed by atoms with Crippen LogP contribution in [0, 0.1) is 0 Å². The van der Waals surface area contributed by atoms with Crippen molar-refractivity contribution in [3.8, 4) is 11.4 Å². The summed E-state index contributed by atoms with van der Waals surface area (Å²) >= 11 is 0. The first-order valence-corrected chi connectivity index (χ1v) is 10.7. The largest absolute Gasteiger partial charge is 0.497 e. The van der Waals surface area contributed by atoms with Gasteiger partial charge in [0.1, 0.15) is 18.4 Å². The van der Waals surface area contributed by atoms with Gasteiger partial charge in [0.15, 0.2) is 0 Å². The van der Waals surface area contributed by atoms with Gasteiger partial charge >= 0.3 is 0 Å². The van der Waals surface area contributed by atoms with Crippen LogP contribution >= 0.6 is 0 Å². The lowest BCUT2D eigenvalue weighted by atomic mass is 10.1. The minimum Gasteiger partial charge on any atom is -0.497 e. The zero-order chi connectivity index (χ0) is 21.7. The fourth-order valence-corrected chi connectivity index (χ4v) is 3.99. The lowest BCUT2D eigenvalue weighted by Crippen LogP contribution is -2.45. The molecule has 158 valence electrons. The molecule has 0 fully saturated rings. The summed E-state index contributed by atoms with van der Waals surface area (Å²) in [4.78, 5) is 16.5. The first-order chi connectivity index (χ1) is 14.3. The Kier molecular flexibility index (Phi) is 6.48. The molecule has 2 atom stereocenters.